The van der Waals surface area contributed by atoms with Crippen molar-refractivity contribution in [3.8, 4) is 0 Å². The molecule has 2 aromatic rings. The third kappa shape index (κ3) is 2.14. The fourth-order valence-corrected chi connectivity index (χ4v) is 2.20. The molecule has 5 heteroatoms. The first-order valence-electron chi connectivity index (χ1n) is 6.11. The van der Waals surface area contributed by atoms with E-state index in [1.807, 2.05) is 18.2 Å². The molecular formula is C13H15N3O2. The molecule has 2 heterocycles. The molecule has 3 rings (SSSR count). The normalized spacial score (nSPS) is 22.9. The highest BCUT2D eigenvalue weighted by Gasteiger charge is 2.26. The number of pyridine rings is 1. The molecule has 0 saturated heterocycles. The molecule has 0 unspecified atom stereocenters. The van der Waals surface area contributed by atoms with Crippen LogP contribution in [-0.4, -0.2) is 26.6 Å². The second-order valence-corrected chi connectivity index (χ2v) is 4.72. The van der Waals surface area contributed by atoms with E-state index in [1.165, 1.54) is 4.40 Å². The molecule has 0 aliphatic heterocycles. The van der Waals surface area contributed by atoms with Crippen LogP contribution in [-0.2, 0) is 6.54 Å². The first-order valence-corrected chi connectivity index (χ1v) is 6.11. The Morgan fingerprint density at radius 3 is 3.06 bits per heavy atom. The molecule has 1 aliphatic carbocycles. The van der Waals surface area contributed by atoms with Gasteiger partial charge in [0, 0.05) is 24.8 Å². The molecule has 94 valence electrons. The van der Waals surface area contributed by atoms with Gasteiger partial charge < -0.3 is 10.4 Å². The Labute approximate surface area is 104 Å². The van der Waals surface area contributed by atoms with Gasteiger partial charge in [-0.2, -0.15) is 0 Å². The highest BCUT2D eigenvalue weighted by Crippen LogP contribution is 2.19. The second kappa shape index (κ2) is 4.51. The van der Waals surface area contributed by atoms with Crippen molar-refractivity contribution >= 4 is 5.65 Å². The molecule has 2 N–H and O–H groups in total. The fourth-order valence-electron chi connectivity index (χ4n) is 2.20. The lowest BCUT2D eigenvalue weighted by Gasteiger charge is -2.32. The molecule has 0 amide bonds. The number of rotatable bonds is 3. The van der Waals surface area contributed by atoms with Crippen molar-refractivity contribution in [3.05, 3.63) is 46.5 Å². The molecule has 1 aliphatic rings. The number of aliphatic hydroxyl groups excluding tert-OH is 1. The summed E-state index contributed by atoms with van der Waals surface area (Å²) >= 11 is 0. The predicted molar refractivity (Wildman–Crippen MR) is 67.3 cm³/mol. The summed E-state index contributed by atoms with van der Waals surface area (Å²) in [7, 11) is 0. The molecule has 0 radical (unpaired) electrons. The average Bonchev–Trinajstić information content (AvgIpc) is 2.33. The minimum Gasteiger partial charge on any atom is -0.393 e. The Morgan fingerprint density at radius 1 is 1.44 bits per heavy atom. The van der Waals surface area contributed by atoms with Gasteiger partial charge in [0.25, 0.3) is 5.56 Å². The van der Waals surface area contributed by atoms with E-state index in [-0.39, 0.29) is 11.7 Å². The molecule has 0 bridgehead atoms. The monoisotopic (exact) mass is 245 g/mol. The standard InChI is InChI=1S/C13H15N3O2/c17-11-5-9(6-11)14-8-10-7-13(18)16-4-2-1-3-12(16)15-10/h1-4,7,9,11,14,17H,5-6,8H2. The number of hydrogen-bond acceptors (Lipinski definition) is 4. The smallest absolute Gasteiger partial charge is 0.258 e. The van der Waals surface area contributed by atoms with Gasteiger partial charge in [-0.25, -0.2) is 4.98 Å². The van der Waals surface area contributed by atoms with E-state index in [2.05, 4.69) is 10.3 Å². The van der Waals surface area contributed by atoms with Crippen LogP contribution in [0.4, 0.5) is 0 Å². The maximum atomic E-state index is 11.8. The zero-order chi connectivity index (χ0) is 12.5. The van der Waals surface area contributed by atoms with E-state index in [9.17, 15) is 9.90 Å². The topological polar surface area (TPSA) is 66.6 Å². The van der Waals surface area contributed by atoms with Crippen molar-refractivity contribution in [1.29, 1.82) is 0 Å². The van der Waals surface area contributed by atoms with Crippen molar-refractivity contribution in [2.75, 3.05) is 0 Å². The van der Waals surface area contributed by atoms with E-state index in [1.54, 1.807) is 12.3 Å². The second-order valence-electron chi connectivity index (χ2n) is 4.72. The lowest BCUT2D eigenvalue weighted by molar-refractivity contribution is 0.0618. The summed E-state index contributed by atoms with van der Waals surface area (Å²) in [6.07, 6.45) is 3.11. The van der Waals surface area contributed by atoms with E-state index in [0.29, 0.717) is 18.2 Å². The first-order chi connectivity index (χ1) is 8.72. The third-order valence-electron chi connectivity index (χ3n) is 3.31. The molecule has 1 fully saturated rings. The van der Waals surface area contributed by atoms with E-state index < -0.39 is 0 Å². The van der Waals surface area contributed by atoms with Crippen molar-refractivity contribution in [2.45, 2.75) is 31.5 Å². The van der Waals surface area contributed by atoms with Gasteiger partial charge in [0.05, 0.1) is 11.8 Å². The van der Waals surface area contributed by atoms with Gasteiger partial charge >= 0.3 is 0 Å². The zero-order valence-electron chi connectivity index (χ0n) is 9.91. The van der Waals surface area contributed by atoms with Gasteiger partial charge in [0.2, 0.25) is 0 Å². The van der Waals surface area contributed by atoms with Gasteiger partial charge in [0.15, 0.2) is 0 Å². The highest BCUT2D eigenvalue weighted by atomic mass is 16.3. The molecule has 0 spiro atoms. The quantitative estimate of drug-likeness (QED) is 0.816. The minimum absolute atomic E-state index is 0.0638. The molecule has 2 aromatic heterocycles. The van der Waals surface area contributed by atoms with Crippen molar-refractivity contribution in [2.24, 2.45) is 0 Å². The molecular weight excluding hydrogens is 230 g/mol. The molecule has 0 aromatic carbocycles. The van der Waals surface area contributed by atoms with Crippen molar-refractivity contribution in [3.63, 3.8) is 0 Å². The van der Waals surface area contributed by atoms with Gasteiger partial charge in [-0.15, -0.1) is 0 Å². The molecule has 18 heavy (non-hydrogen) atoms. The predicted octanol–water partition coefficient (Wildman–Crippen LogP) is 0.307. The summed E-state index contributed by atoms with van der Waals surface area (Å²) in [5, 5.41) is 12.5. The largest absolute Gasteiger partial charge is 0.393 e. The van der Waals surface area contributed by atoms with Crippen LogP contribution in [0.5, 0.6) is 0 Å². The number of fused-ring (bicyclic) bond motifs is 1. The molecule has 1 saturated carbocycles. The van der Waals surface area contributed by atoms with Crippen LogP contribution in [0.25, 0.3) is 5.65 Å². The van der Waals surface area contributed by atoms with E-state index in [0.717, 1.165) is 18.5 Å². The highest BCUT2D eigenvalue weighted by molar-refractivity contribution is 5.37. The zero-order valence-corrected chi connectivity index (χ0v) is 9.91. The summed E-state index contributed by atoms with van der Waals surface area (Å²) in [6.45, 7) is 0.567. The van der Waals surface area contributed by atoms with Crippen LogP contribution in [0.3, 0.4) is 0 Å². The maximum absolute atomic E-state index is 11.8. The van der Waals surface area contributed by atoms with E-state index >= 15 is 0 Å². The lowest BCUT2D eigenvalue weighted by atomic mass is 9.89. The van der Waals surface area contributed by atoms with Gasteiger partial charge in [-0.3, -0.25) is 9.20 Å². The number of nitrogens with zero attached hydrogens (tertiary/aromatic N) is 2. The Kier molecular flexibility index (Phi) is 2.85. The van der Waals surface area contributed by atoms with Crippen LogP contribution in [0.1, 0.15) is 18.5 Å². The first kappa shape index (κ1) is 11.4. The SMILES string of the molecule is O=c1cc(CNC2CC(O)C2)nc2ccccn12. The minimum atomic E-state index is -0.169. The summed E-state index contributed by atoms with van der Waals surface area (Å²) < 4.78 is 1.52. The van der Waals surface area contributed by atoms with Crippen molar-refractivity contribution in [1.82, 2.24) is 14.7 Å². The van der Waals surface area contributed by atoms with Crippen LogP contribution in [0.15, 0.2) is 35.3 Å². The van der Waals surface area contributed by atoms with Gasteiger partial charge in [0.1, 0.15) is 5.65 Å². The molecule has 0 atom stereocenters. The van der Waals surface area contributed by atoms with Crippen LogP contribution in [0, 0.1) is 0 Å². The molecule has 5 nitrogen and oxygen atoms in total. The maximum Gasteiger partial charge on any atom is 0.258 e. The number of hydrogen-bond donors (Lipinski definition) is 2. The summed E-state index contributed by atoms with van der Waals surface area (Å²) in [5.41, 5.74) is 1.34. The lowest BCUT2D eigenvalue weighted by Crippen LogP contribution is -2.43. The summed E-state index contributed by atoms with van der Waals surface area (Å²) in [4.78, 5) is 16.3. The van der Waals surface area contributed by atoms with Crippen molar-refractivity contribution < 1.29 is 5.11 Å². The van der Waals surface area contributed by atoms with Gasteiger partial charge in [-0.1, -0.05) is 6.07 Å². The van der Waals surface area contributed by atoms with Crippen LogP contribution in [0.2, 0.25) is 0 Å². The third-order valence-corrected chi connectivity index (χ3v) is 3.31. The van der Waals surface area contributed by atoms with Crippen LogP contribution < -0.4 is 10.9 Å². The summed E-state index contributed by atoms with van der Waals surface area (Å²) in [5.74, 6) is 0. The number of nitrogens with one attached hydrogen (secondary N) is 1. The Bertz CT molecular complexity index is 617. The average molecular weight is 245 g/mol. The number of aliphatic hydroxyl groups is 1. The Hall–Kier alpha value is -1.72. The number of aromatic nitrogens is 2. The van der Waals surface area contributed by atoms with Crippen LogP contribution >= 0.6 is 0 Å². The fraction of sp³-hybridized carbons (Fsp3) is 0.385. The summed E-state index contributed by atoms with van der Waals surface area (Å²) in [6, 6.07) is 7.38. The Balaban J connectivity index is 1.78. The van der Waals surface area contributed by atoms with E-state index in [4.69, 9.17) is 0 Å². The van der Waals surface area contributed by atoms with Gasteiger partial charge in [-0.05, 0) is 25.0 Å². The Morgan fingerprint density at radius 2 is 2.28 bits per heavy atom.